The van der Waals surface area contributed by atoms with E-state index in [1.54, 1.807) is 23.2 Å². The van der Waals surface area contributed by atoms with Crippen molar-refractivity contribution in [1.29, 1.82) is 0 Å². The normalized spacial score (nSPS) is 16.3. The van der Waals surface area contributed by atoms with Crippen LogP contribution in [-0.2, 0) is 24.2 Å². The number of carbonyl (C=O) groups is 1. The standard InChI is InChI=1S/C23H26N6O3/c1-3-27-13-18(20(30)17-5-4-15(2)25-21(17)27)22(31)29-7-6-16-12-24-23(26-19(16)14-29)28-8-10-32-11-9-28/h4-5,12-13H,3,6-11,14H2,1-2H3. The number of fused-ring (bicyclic) bond motifs is 2. The van der Waals surface area contributed by atoms with Gasteiger partial charge in [0.05, 0.1) is 30.8 Å². The van der Waals surface area contributed by atoms with Crippen LogP contribution in [0.3, 0.4) is 0 Å². The van der Waals surface area contributed by atoms with Gasteiger partial charge >= 0.3 is 0 Å². The summed E-state index contributed by atoms with van der Waals surface area (Å²) in [6.07, 6.45) is 4.18. The summed E-state index contributed by atoms with van der Waals surface area (Å²) in [6.45, 7) is 8.20. The Kier molecular flexibility index (Phi) is 5.34. The average molecular weight is 435 g/mol. The molecule has 166 valence electrons. The largest absolute Gasteiger partial charge is 0.378 e. The van der Waals surface area contributed by atoms with Crippen molar-refractivity contribution in [2.45, 2.75) is 33.4 Å². The van der Waals surface area contributed by atoms with Gasteiger partial charge in [-0.2, -0.15) is 0 Å². The van der Waals surface area contributed by atoms with E-state index < -0.39 is 0 Å². The zero-order valence-electron chi connectivity index (χ0n) is 18.4. The van der Waals surface area contributed by atoms with Gasteiger partial charge in [-0.3, -0.25) is 9.59 Å². The van der Waals surface area contributed by atoms with Crippen molar-refractivity contribution < 1.29 is 9.53 Å². The van der Waals surface area contributed by atoms with Gasteiger partial charge in [0, 0.05) is 44.3 Å². The van der Waals surface area contributed by atoms with E-state index in [1.807, 2.05) is 24.6 Å². The SMILES string of the molecule is CCn1cc(C(=O)N2CCc3cnc(N4CCOCC4)nc3C2)c(=O)c2ccc(C)nc21. The van der Waals surface area contributed by atoms with Gasteiger partial charge in [0.15, 0.2) is 0 Å². The predicted molar refractivity (Wildman–Crippen MR) is 120 cm³/mol. The average Bonchev–Trinajstić information content (AvgIpc) is 2.83. The quantitative estimate of drug-likeness (QED) is 0.617. The Hall–Kier alpha value is -3.33. The van der Waals surface area contributed by atoms with E-state index in [0.29, 0.717) is 56.3 Å². The first-order chi connectivity index (χ1) is 15.5. The molecular weight excluding hydrogens is 408 g/mol. The Bertz CT molecular complexity index is 1250. The van der Waals surface area contributed by atoms with Crippen molar-refractivity contribution in [3.05, 3.63) is 57.3 Å². The molecule has 1 amide bonds. The van der Waals surface area contributed by atoms with Crippen molar-refractivity contribution in [1.82, 2.24) is 24.4 Å². The van der Waals surface area contributed by atoms with Crippen LogP contribution in [0.4, 0.5) is 5.95 Å². The summed E-state index contributed by atoms with van der Waals surface area (Å²) < 4.78 is 7.28. The summed E-state index contributed by atoms with van der Waals surface area (Å²) in [7, 11) is 0. The molecule has 0 unspecified atom stereocenters. The number of carbonyl (C=O) groups excluding carboxylic acids is 1. The topological polar surface area (TPSA) is 93.5 Å². The molecule has 9 heteroatoms. The van der Waals surface area contributed by atoms with Crippen LogP contribution in [0.25, 0.3) is 11.0 Å². The second-order valence-electron chi connectivity index (χ2n) is 8.20. The number of ether oxygens (including phenoxy) is 1. The molecule has 3 aromatic rings. The van der Waals surface area contributed by atoms with Gasteiger partial charge in [0.2, 0.25) is 11.4 Å². The first-order valence-corrected chi connectivity index (χ1v) is 11.0. The van der Waals surface area contributed by atoms with Crippen molar-refractivity contribution in [3.63, 3.8) is 0 Å². The fourth-order valence-electron chi connectivity index (χ4n) is 4.31. The number of hydrogen-bond acceptors (Lipinski definition) is 7. The first-order valence-electron chi connectivity index (χ1n) is 11.0. The highest BCUT2D eigenvalue weighted by molar-refractivity contribution is 5.97. The highest BCUT2D eigenvalue weighted by atomic mass is 16.5. The molecule has 9 nitrogen and oxygen atoms in total. The van der Waals surface area contributed by atoms with Crippen LogP contribution in [-0.4, -0.2) is 63.2 Å². The zero-order chi connectivity index (χ0) is 22.2. The molecule has 2 aliphatic rings. The number of rotatable bonds is 3. The molecule has 32 heavy (non-hydrogen) atoms. The van der Waals surface area contributed by atoms with Crippen LogP contribution in [0.15, 0.2) is 29.3 Å². The fourth-order valence-corrected chi connectivity index (χ4v) is 4.31. The molecule has 0 bridgehead atoms. The van der Waals surface area contributed by atoms with E-state index in [2.05, 4.69) is 14.9 Å². The van der Waals surface area contributed by atoms with E-state index in [0.717, 1.165) is 30.0 Å². The molecule has 0 radical (unpaired) electrons. The highest BCUT2D eigenvalue weighted by Gasteiger charge is 2.27. The number of aromatic nitrogens is 4. The molecule has 2 aliphatic heterocycles. The van der Waals surface area contributed by atoms with Crippen LogP contribution >= 0.6 is 0 Å². The summed E-state index contributed by atoms with van der Waals surface area (Å²) in [4.78, 5) is 44.2. The first kappa shape index (κ1) is 20.6. The minimum atomic E-state index is -0.273. The molecule has 0 atom stereocenters. The predicted octanol–water partition coefficient (Wildman–Crippen LogP) is 1.55. The second kappa shape index (κ2) is 8.31. The van der Waals surface area contributed by atoms with Gasteiger partial charge in [0.25, 0.3) is 5.91 Å². The van der Waals surface area contributed by atoms with E-state index in [1.165, 1.54) is 0 Å². The number of hydrogen-bond donors (Lipinski definition) is 0. The Morgan fingerprint density at radius 3 is 2.75 bits per heavy atom. The van der Waals surface area contributed by atoms with Crippen LogP contribution in [0.1, 0.15) is 34.2 Å². The summed E-state index contributed by atoms with van der Waals surface area (Å²) >= 11 is 0. The zero-order valence-corrected chi connectivity index (χ0v) is 18.4. The minimum Gasteiger partial charge on any atom is -0.378 e. The third kappa shape index (κ3) is 3.62. The lowest BCUT2D eigenvalue weighted by Gasteiger charge is -2.30. The molecule has 3 aromatic heterocycles. The lowest BCUT2D eigenvalue weighted by Crippen LogP contribution is -2.40. The smallest absolute Gasteiger partial charge is 0.259 e. The number of aryl methyl sites for hydroxylation is 2. The van der Waals surface area contributed by atoms with Gasteiger partial charge in [-0.05, 0) is 38.0 Å². The molecule has 1 saturated heterocycles. The molecule has 0 saturated carbocycles. The summed E-state index contributed by atoms with van der Waals surface area (Å²) in [5.41, 5.74) is 3.24. The van der Waals surface area contributed by atoms with Crippen molar-refractivity contribution >= 4 is 22.9 Å². The van der Waals surface area contributed by atoms with Gasteiger partial charge in [-0.25, -0.2) is 15.0 Å². The maximum Gasteiger partial charge on any atom is 0.259 e. The maximum absolute atomic E-state index is 13.4. The third-order valence-electron chi connectivity index (χ3n) is 6.15. The monoisotopic (exact) mass is 434 g/mol. The van der Waals surface area contributed by atoms with Crippen LogP contribution in [0.5, 0.6) is 0 Å². The highest BCUT2D eigenvalue weighted by Crippen LogP contribution is 2.21. The van der Waals surface area contributed by atoms with E-state index in [9.17, 15) is 9.59 Å². The number of nitrogens with zero attached hydrogens (tertiary/aromatic N) is 6. The molecule has 0 N–H and O–H groups in total. The van der Waals surface area contributed by atoms with Crippen LogP contribution < -0.4 is 10.3 Å². The maximum atomic E-state index is 13.4. The van der Waals surface area contributed by atoms with Crippen molar-refractivity contribution in [3.8, 4) is 0 Å². The lowest BCUT2D eigenvalue weighted by atomic mass is 10.1. The van der Waals surface area contributed by atoms with Crippen molar-refractivity contribution in [2.75, 3.05) is 37.7 Å². The van der Waals surface area contributed by atoms with Crippen LogP contribution in [0.2, 0.25) is 0 Å². The van der Waals surface area contributed by atoms with E-state index >= 15 is 0 Å². The minimum absolute atomic E-state index is 0.177. The fraction of sp³-hybridized carbons (Fsp3) is 0.435. The summed E-state index contributed by atoms with van der Waals surface area (Å²) in [6, 6.07) is 3.56. The molecule has 0 aromatic carbocycles. The van der Waals surface area contributed by atoms with Crippen LogP contribution in [0, 0.1) is 6.92 Å². The molecule has 0 spiro atoms. The lowest BCUT2D eigenvalue weighted by molar-refractivity contribution is 0.0729. The summed E-state index contributed by atoms with van der Waals surface area (Å²) in [5, 5.41) is 0.470. The van der Waals surface area contributed by atoms with Gasteiger partial charge in [0.1, 0.15) is 11.2 Å². The second-order valence-corrected chi connectivity index (χ2v) is 8.20. The number of morpholine rings is 1. The van der Waals surface area contributed by atoms with Gasteiger partial charge < -0.3 is 19.1 Å². The Labute approximate surface area is 185 Å². The Balaban J connectivity index is 1.46. The van der Waals surface area contributed by atoms with Gasteiger partial charge in [-0.15, -0.1) is 0 Å². The molecule has 0 aliphatic carbocycles. The molecule has 5 rings (SSSR count). The number of pyridine rings is 2. The molecular formula is C23H26N6O3. The number of amides is 1. The van der Waals surface area contributed by atoms with Gasteiger partial charge in [-0.1, -0.05) is 0 Å². The van der Waals surface area contributed by atoms with E-state index in [-0.39, 0.29) is 16.9 Å². The molecule has 1 fully saturated rings. The van der Waals surface area contributed by atoms with E-state index in [4.69, 9.17) is 9.72 Å². The summed E-state index contributed by atoms with van der Waals surface area (Å²) in [5.74, 6) is 0.402. The van der Waals surface area contributed by atoms with Crippen molar-refractivity contribution in [2.24, 2.45) is 0 Å². The Morgan fingerprint density at radius 1 is 1.16 bits per heavy atom. The number of anilines is 1. The third-order valence-corrected chi connectivity index (χ3v) is 6.15. The molecule has 5 heterocycles. The Morgan fingerprint density at radius 2 is 1.97 bits per heavy atom.